The van der Waals surface area contributed by atoms with Gasteiger partial charge in [0.25, 0.3) is 0 Å². The second kappa shape index (κ2) is 2.46. The summed E-state index contributed by atoms with van der Waals surface area (Å²) in [7, 11) is 2.19. The first-order chi connectivity index (χ1) is 5.26. The molecule has 0 aromatic heterocycles. The van der Waals surface area contributed by atoms with E-state index in [4.69, 9.17) is 4.74 Å². The minimum absolute atomic E-state index is 0.139. The van der Waals surface area contributed by atoms with Gasteiger partial charge in [0.15, 0.2) is 0 Å². The highest BCUT2D eigenvalue weighted by Gasteiger charge is 2.47. The maximum atomic E-state index is 5.85. The Morgan fingerprint density at radius 1 is 1.55 bits per heavy atom. The van der Waals surface area contributed by atoms with Gasteiger partial charge in [0, 0.05) is 6.54 Å². The van der Waals surface area contributed by atoms with E-state index < -0.39 is 0 Å². The van der Waals surface area contributed by atoms with Gasteiger partial charge in [-0.3, -0.25) is 4.90 Å². The van der Waals surface area contributed by atoms with Crippen molar-refractivity contribution >= 4 is 0 Å². The molecule has 0 aromatic rings. The Morgan fingerprint density at radius 2 is 2.36 bits per heavy atom. The first-order valence-electron chi connectivity index (χ1n) is 4.61. The standard InChI is InChI=1S/C9H17NO/c1-8-4-3-5-9(8)10(2)6-7-11-9/h8H,3-7H2,1-2H3/t8?,9-/m0/s1. The van der Waals surface area contributed by atoms with E-state index in [0.717, 1.165) is 19.1 Å². The summed E-state index contributed by atoms with van der Waals surface area (Å²) in [5, 5.41) is 0. The zero-order valence-electron chi connectivity index (χ0n) is 7.47. The quantitative estimate of drug-likeness (QED) is 0.525. The zero-order chi connectivity index (χ0) is 7.90. The predicted octanol–water partition coefficient (Wildman–Crippen LogP) is 1.46. The van der Waals surface area contributed by atoms with Crippen molar-refractivity contribution in [1.82, 2.24) is 4.90 Å². The monoisotopic (exact) mass is 155 g/mol. The van der Waals surface area contributed by atoms with Crippen LogP contribution in [0, 0.1) is 5.92 Å². The molecular formula is C9H17NO. The van der Waals surface area contributed by atoms with Crippen molar-refractivity contribution in [2.75, 3.05) is 20.2 Å². The van der Waals surface area contributed by atoms with Crippen LogP contribution in [0.2, 0.25) is 0 Å². The fraction of sp³-hybridized carbons (Fsp3) is 1.00. The van der Waals surface area contributed by atoms with Crippen LogP contribution in [0.25, 0.3) is 0 Å². The molecule has 2 atom stereocenters. The number of ether oxygens (including phenoxy) is 1. The Kier molecular flexibility index (Phi) is 1.69. The summed E-state index contributed by atoms with van der Waals surface area (Å²) in [5.41, 5.74) is 0.139. The average molecular weight is 155 g/mol. The molecule has 11 heavy (non-hydrogen) atoms. The molecule has 0 radical (unpaired) electrons. The second-order valence-electron chi connectivity index (χ2n) is 3.91. The molecule has 1 aliphatic heterocycles. The van der Waals surface area contributed by atoms with Crippen LogP contribution in [0.4, 0.5) is 0 Å². The molecule has 0 N–H and O–H groups in total. The van der Waals surface area contributed by atoms with Crippen molar-refractivity contribution < 1.29 is 4.74 Å². The molecule has 0 aromatic carbocycles. The van der Waals surface area contributed by atoms with Crippen LogP contribution in [0.1, 0.15) is 26.2 Å². The molecule has 1 aliphatic carbocycles. The van der Waals surface area contributed by atoms with Gasteiger partial charge in [-0.25, -0.2) is 0 Å². The van der Waals surface area contributed by atoms with Gasteiger partial charge in [0.2, 0.25) is 0 Å². The van der Waals surface area contributed by atoms with Gasteiger partial charge >= 0.3 is 0 Å². The lowest BCUT2D eigenvalue weighted by Crippen LogP contribution is -2.44. The van der Waals surface area contributed by atoms with Crippen LogP contribution in [-0.4, -0.2) is 30.8 Å². The summed E-state index contributed by atoms with van der Waals surface area (Å²) >= 11 is 0. The van der Waals surface area contributed by atoms with Crippen molar-refractivity contribution in [1.29, 1.82) is 0 Å². The first kappa shape index (κ1) is 7.56. The van der Waals surface area contributed by atoms with Gasteiger partial charge in [-0.15, -0.1) is 0 Å². The molecule has 0 amide bonds. The van der Waals surface area contributed by atoms with Gasteiger partial charge in [0.1, 0.15) is 5.72 Å². The summed E-state index contributed by atoms with van der Waals surface area (Å²) in [6.45, 7) is 4.36. The van der Waals surface area contributed by atoms with Crippen LogP contribution < -0.4 is 0 Å². The Labute approximate surface area is 68.5 Å². The fourth-order valence-electron chi connectivity index (χ4n) is 2.57. The molecule has 1 saturated carbocycles. The molecule has 2 nitrogen and oxygen atoms in total. The topological polar surface area (TPSA) is 12.5 Å². The molecular weight excluding hydrogens is 138 g/mol. The summed E-state index contributed by atoms with van der Waals surface area (Å²) in [5.74, 6) is 0.731. The molecule has 2 fully saturated rings. The summed E-state index contributed by atoms with van der Waals surface area (Å²) < 4.78 is 5.85. The van der Waals surface area contributed by atoms with Crippen molar-refractivity contribution in [3.63, 3.8) is 0 Å². The third-order valence-corrected chi connectivity index (χ3v) is 3.37. The summed E-state index contributed by atoms with van der Waals surface area (Å²) in [6.07, 6.45) is 3.92. The van der Waals surface area contributed by atoms with Crippen molar-refractivity contribution in [2.24, 2.45) is 5.92 Å². The Morgan fingerprint density at radius 3 is 2.82 bits per heavy atom. The third-order valence-electron chi connectivity index (χ3n) is 3.37. The van der Waals surface area contributed by atoms with E-state index in [1.54, 1.807) is 0 Å². The van der Waals surface area contributed by atoms with Gasteiger partial charge in [-0.2, -0.15) is 0 Å². The highest BCUT2D eigenvalue weighted by molar-refractivity contribution is 4.93. The minimum atomic E-state index is 0.139. The van der Waals surface area contributed by atoms with Gasteiger partial charge in [-0.05, 0) is 32.2 Å². The smallest absolute Gasteiger partial charge is 0.124 e. The number of nitrogens with zero attached hydrogens (tertiary/aromatic N) is 1. The minimum Gasteiger partial charge on any atom is -0.359 e. The summed E-state index contributed by atoms with van der Waals surface area (Å²) in [6, 6.07) is 0. The number of hydrogen-bond acceptors (Lipinski definition) is 2. The van der Waals surface area contributed by atoms with Crippen molar-refractivity contribution in [2.45, 2.75) is 31.9 Å². The van der Waals surface area contributed by atoms with E-state index in [-0.39, 0.29) is 5.72 Å². The van der Waals surface area contributed by atoms with Gasteiger partial charge < -0.3 is 4.74 Å². The fourth-order valence-corrected chi connectivity index (χ4v) is 2.57. The molecule has 64 valence electrons. The normalized spacial score (nSPS) is 45.8. The van der Waals surface area contributed by atoms with E-state index in [1.165, 1.54) is 19.3 Å². The second-order valence-corrected chi connectivity index (χ2v) is 3.91. The van der Waals surface area contributed by atoms with Crippen LogP contribution >= 0.6 is 0 Å². The van der Waals surface area contributed by atoms with E-state index in [1.807, 2.05) is 0 Å². The van der Waals surface area contributed by atoms with Gasteiger partial charge in [0.05, 0.1) is 6.61 Å². The maximum absolute atomic E-state index is 5.85. The number of rotatable bonds is 0. The van der Waals surface area contributed by atoms with Crippen LogP contribution in [0.5, 0.6) is 0 Å². The van der Waals surface area contributed by atoms with E-state index >= 15 is 0 Å². The molecule has 2 rings (SSSR count). The maximum Gasteiger partial charge on any atom is 0.124 e. The third kappa shape index (κ3) is 0.926. The number of hydrogen-bond donors (Lipinski definition) is 0. The van der Waals surface area contributed by atoms with Crippen LogP contribution in [0.15, 0.2) is 0 Å². The SMILES string of the molecule is CC1CCC[C@]12OCCN2C. The molecule has 1 spiro atoms. The molecule has 2 aliphatic rings. The molecule has 1 heterocycles. The molecule has 0 bridgehead atoms. The predicted molar refractivity (Wildman–Crippen MR) is 44.3 cm³/mol. The van der Waals surface area contributed by atoms with E-state index in [0.29, 0.717) is 0 Å². The highest BCUT2D eigenvalue weighted by Crippen LogP contribution is 2.42. The average Bonchev–Trinajstić information content (AvgIpc) is 2.48. The lowest BCUT2D eigenvalue weighted by molar-refractivity contribution is -0.0958. The Balaban J connectivity index is 2.19. The van der Waals surface area contributed by atoms with Crippen molar-refractivity contribution in [3.05, 3.63) is 0 Å². The Bertz CT molecular complexity index is 140. The lowest BCUT2D eigenvalue weighted by atomic mass is 10.0. The Hall–Kier alpha value is -0.0800. The highest BCUT2D eigenvalue weighted by atomic mass is 16.5. The van der Waals surface area contributed by atoms with Crippen LogP contribution in [-0.2, 0) is 4.74 Å². The van der Waals surface area contributed by atoms with E-state index in [9.17, 15) is 0 Å². The largest absolute Gasteiger partial charge is 0.359 e. The molecule has 1 saturated heterocycles. The molecule has 1 unspecified atom stereocenters. The zero-order valence-corrected chi connectivity index (χ0v) is 7.47. The number of likely N-dealkylation sites (N-methyl/N-ethyl adjacent to an activating group) is 1. The van der Waals surface area contributed by atoms with Gasteiger partial charge in [-0.1, -0.05) is 6.92 Å². The van der Waals surface area contributed by atoms with Crippen molar-refractivity contribution in [3.8, 4) is 0 Å². The first-order valence-corrected chi connectivity index (χ1v) is 4.61. The van der Waals surface area contributed by atoms with E-state index in [2.05, 4.69) is 18.9 Å². The summed E-state index contributed by atoms with van der Waals surface area (Å²) in [4.78, 5) is 2.39. The van der Waals surface area contributed by atoms with Crippen LogP contribution in [0.3, 0.4) is 0 Å². The molecule has 2 heteroatoms. The lowest BCUT2D eigenvalue weighted by Gasteiger charge is -2.34.